The van der Waals surface area contributed by atoms with E-state index in [4.69, 9.17) is 10.2 Å². The van der Waals surface area contributed by atoms with E-state index in [0.717, 1.165) is 6.26 Å². The first kappa shape index (κ1) is 16.1. The second kappa shape index (κ2) is 6.49. The summed E-state index contributed by atoms with van der Waals surface area (Å²) in [5.74, 6) is -1.98. The highest BCUT2D eigenvalue weighted by Gasteiger charge is 2.20. The third-order valence-corrected chi connectivity index (χ3v) is 3.66. The minimum Gasteiger partial charge on any atom is -0.480 e. The molecule has 3 N–H and O–H groups in total. The van der Waals surface area contributed by atoms with Crippen LogP contribution >= 0.6 is 0 Å². The van der Waals surface area contributed by atoms with Gasteiger partial charge in [-0.1, -0.05) is 6.07 Å². The van der Waals surface area contributed by atoms with Gasteiger partial charge in [0.15, 0.2) is 9.84 Å². The molecule has 0 saturated heterocycles. The number of rotatable bonds is 6. The van der Waals surface area contributed by atoms with E-state index < -0.39 is 27.8 Å². The Kier molecular flexibility index (Phi) is 5.23. The number of nitrogens with one attached hydrogen (secondary N) is 1. The van der Waals surface area contributed by atoms with Crippen LogP contribution in [0.4, 0.5) is 0 Å². The van der Waals surface area contributed by atoms with Gasteiger partial charge >= 0.3 is 5.97 Å². The zero-order valence-electron chi connectivity index (χ0n) is 10.7. The predicted octanol–water partition coefficient (Wildman–Crippen LogP) is -0.345. The van der Waals surface area contributed by atoms with E-state index in [9.17, 15) is 18.0 Å². The third kappa shape index (κ3) is 4.32. The molecule has 8 heteroatoms. The first-order valence-electron chi connectivity index (χ1n) is 5.70. The second-order valence-electron chi connectivity index (χ2n) is 4.18. The largest absolute Gasteiger partial charge is 0.480 e. The predicted molar refractivity (Wildman–Crippen MR) is 70.1 cm³/mol. The van der Waals surface area contributed by atoms with Crippen molar-refractivity contribution in [2.24, 2.45) is 0 Å². The number of aliphatic hydroxyl groups is 1. The van der Waals surface area contributed by atoms with Crippen molar-refractivity contribution in [1.29, 1.82) is 0 Å². The molecule has 1 atom stereocenters. The van der Waals surface area contributed by atoms with Gasteiger partial charge in [0.05, 0.1) is 4.90 Å². The van der Waals surface area contributed by atoms with Crippen LogP contribution in [0.5, 0.6) is 0 Å². The van der Waals surface area contributed by atoms with Gasteiger partial charge in [0.25, 0.3) is 5.91 Å². The molecular weight excluding hydrogens is 286 g/mol. The number of aliphatic hydroxyl groups excluding tert-OH is 1. The number of hydrogen-bond acceptors (Lipinski definition) is 5. The molecular formula is C12H15NO6S. The maximum Gasteiger partial charge on any atom is 0.326 e. The van der Waals surface area contributed by atoms with E-state index in [1.165, 1.54) is 24.3 Å². The van der Waals surface area contributed by atoms with Gasteiger partial charge in [-0.2, -0.15) is 0 Å². The molecule has 0 unspecified atom stereocenters. The highest BCUT2D eigenvalue weighted by Crippen LogP contribution is 2.11. The Bertz CT molecular complexity index is 610. The Labute approximate surface area is 116 Å². The molecule has 0 heterocycles. The van der Waals surface area contributed by atoms with E-state index in [0.29, 0.717) is 0 Å². The third-order valence-electron chi connectivity index (χ3n) is 2.55. The highest BCUT2D eigenvalue weighted by atomic mass is 32.2. The number of carboxylic acid groups (broad SMARTS) is 1. The zero-order valence-corrected chi connectivity index (χ0v) is 11.6. The van der Waals surface area contributed by atoms with Crippen LogP contribution < -0.4 is 5.32 Å². The fourth-order valence-electron chi connectivity index (χ4n) is 1.50. The van der Waals surface area contributed by atoms with Crippen molar-refractivity contribution in [2.45, 2.75) is 17.4 Å². The Hall–Kier alpha value is -1.93. The molecule has 0 aliphatic rings. The van der Waals surface area contributed by atoms with Crippen molar-refractivity contribution in [3.8, 4) is 0 Å². The van der Waals surface area contributed by atoms with E-state index in [-0.39, 0.29) is 23.5 Å². The average molecular weight is 301 g/mol. The van der Waals surface area contributed by atoms with Gasteiger partial charge in [-0.05, 0) is 18.2 Å². The van der Waals surface area contributed by atoms with E-state index in [1.807, 2.05) is 0 Å². The van der Waals surface area contributed by atoms with Crippen molar-refractivity contribution < 1.29 is 28.2 Å². The Balaban J connectivity index is 2.95. The summed E-state index contributed by atoms with van der Waals surface area (Å²) < 4.78 is 22.8. The Morgan fingerprint density at radius 3 is 2.50 bits per heavy atom. The van der Waals surface area contributed by atoms with Gasteiger partial charge in [-0.15, -0.1) is 0 Å². The lowest BCUT2D eigenvalue weighted by Gasteiger charge is -2.13. The smallest absolute Gasteiger partial charge is 0.326 e. The molecule has 0 aliphatic heterocycles. The molecule has 20 heavy (non-hydrogen) atoms. The normalized spacial score (nSPS) is 12.7. The fraction of sp³-hybridized carbons (Fsp3) is 0.333. The van der Waals surface area contributed by atoms with Crippen LogP contribution in [-0.4, -0.2) is 49.4 Å². The molecule has 1 rings (SSSR count). The Morgan fingerprint density at radius 1 is 1.35 bits per heavy atom. The number of carbonyl (C=O) groups is 2. The monoisotopic (exact) mass is 301 g/mol. The minimum atomic E-state index is -3.45. The molecule has 0 spiro atoms. The maximum absolute atomic E-state index is 11.9. The van der Waals surface area contributed by atoms with Crippen molar-refractivity contribution in [3.05, 3.63) is 29.8 Å². The number of carbonyl (C=O) groups excluding carboxylic acids is 1. The van der Waals surface area contributed by atoms with Gasteiger partial charge in [-0.25, -0.2) is 13.2 Å². The fourth-order valence-corrected chi connectivity index (χ4v) is 2.16. The molecule has 0 fully saturated rings. The van der Waals surface area contributed by atoms with Gasteiger partial charge in [0, 0.05) is 24.8 Å². The summed E-state index contributed by atoms with van der Waals surface area (Å²) in [6, 6.07) is 4.06. The number of aliphatic carboxylic acids is 1. The molecule has 0 bridgehead atoms. The van der Waals surface area contributed by atoms with Crippen molar-refractivity contribution in [2.75, 3.05) is 12.9 Å². The van der Waals surface area contributed by atoms with Crippen LogP contribution in [0.3, 0.4) is 0 Å². The summed E-state index contributed by atoms with van der Waals surface area (Å²) in [5.41, 5.74) is 0.0390. The van der Waals surface area contributed by atoms with Gasteiger partial charge < -0.3 is 15.5 Å². The topological polar surface area (TPSA) is 121 Å². The summed E-state index contributed by atoms with van der Waals surface area (Å²) in [7, 11) is -3.45. The van der Waals surface area contributed by atoms with Crippen LogP contribution in [-0.2, 0) is 14.6 Å². The van der Waals surface area contributed by atoms with E-state index in [1.54, 1.807) is 0 Å². The van der Waals surface area contributed by atoms with Crippen LogP contribution in [0.2, 0.25) is 0 Å². The Morgan fingerprint density at radius 2 is 2.00 bits per heavy atom. The van der Waals surface area contributed by atoms with E-state index >= 15 is 0 Å². The lowest BCUT2D eigenvalue weighted by molar-refractivity contribution is -0.139. The van der Waals surface area contributed by atoms with Crippen molar-refractivity contribution >= 4 is 21.7 Å². The molecule has 0 radical (unpaired) electrons. The SMILES string of the molecule is CS(=O)(=O)c1cccc(C(=O)N[C@@H](CCO)C(=O)O)c1. The molecule has 1 aromatic rings. The first-order chi connectivity index (χ1) is 9.25. The highest BCUT2D eigenvalue weighted by molar-refractivity contribution is 7.90. The maximum atomic E-state index is 11.9. The minimum absolute atomic E-state index is 0.0285. The van der Waals surface area contributed by atoms with Crippen molar-refractivity contribution in [1.82, 2.24) is 5.32 Å². The van der Waals surface area contributed by atoms with Gasteiger partial charge in [0.2, 0.25) is 0 Å². The van der Waals surface area contributed by atoms with Crippen LogP contribution in [0, 0.1) is 0 Å². The van der Waals surface area contributed by atoms with Gasteiger partial charge in [-0.3, -0.25) is 4.79 Å². The summed E-state index contributed by atoms with van der Waals surface area (Å²) in [4.78, 5) is 22.7. The second-order valence-corrected chi connectivity index (χ2v) is 6.19. The summed E-state index contributed by atoms with van der Waals surface area (Å²) >= 11 is 0. The number of sulfone groups is 1. The van der Waals surface area contributed by atoms with Crippen LogP contribution in [0.1, 0.15) is 16.8 Å². The average Bonchev–Trinajstić information content (AvgIpc) is 2.37. The number of amides is 1. The molecule has 1 aromatic carbocycles. The van der Waals surface area contributed by atoms with Gasteiger partial charge in [0.1, 0.15) is 6.04 Å². The molecule has 0 saturated carbocycles. The number of benzene rings is 1. The van der Waals surface area contributed by atoms with Crippen molar-refractivity contribution in [3.63, 3.8) is 0 Å². The summed E-state index contributed by atoms with van der Waals surface area (Å²) in [6.07, 6.45) is 0.878. The summed E-state index contributed by atoms with van der Waals surface area (Å²) in [6.45, 7) is -0.388. The molecule has 1 amide bonds. The first-order valence-corrected chi connectivity index (χ1v) is 7.59. The molecule has 110 valence electrons. The van der Waals surface area contributed by atoms with E-state index in [2.05, 4.69) is 5.32 Å². The molecule has 0 aliphatic carbocycles. The van der Waals surface area contributed by atoms with Crippen LogP contribution in [0.15, 0.2) is 29.2 Å². The number of carboxylic acids is 1. The van der Waals surface area contributed by atoms with Crippen LogP contribution in [0.25, 0.3) is 0 Å². The standard InChI is InChI=1S/C12H15NO6S/c1-20(18,19)9-4-2-3-8(7-9)11(15)13-10(5-6-14)12(16)17/h2-4,7,10,14H,5-6H2,1H3,(H,13,15)(H,16,17)/t10-/m0/s1. The zero-order chi connectivity index (χ0) is 15.3. The quantitative estimate of drug-likeness (QED) is 0.660. The lowest BCUT2D eigenvalue weighted by atomic mass is 10.1. The molecule has 7 nitrogen and oxygen atoms in total. The summed E-state index contributed by atoms with van der Waals surface area (Å²) in [5, 5.41) is 19.8. The number of hydrogen-bond donors (Lipinski definition) is 3. The molecule has 0 aromatic heterocycles. The lowest BCUT2D eigenvalue weighted by Crippen LogP contribution is -2.41.